The lowest BCUT2D eigenvalue weighted by molar-refractivity contribution is -0.127. The van der Waals surface area contributed by atoms with Crippen LogP contribution in [-0.4, -0.2) is 25.3 Å². The van der Waals surface area contributed by atoms with Crippen LogP contribution in [0.1, 0.15) is 38.7 Å². The van der Waals surface area contributed by atoms with Gasteiger partial charge < -0.3 is 20.5 Å². The number of hydrogen-bond acceptors (Lipinski definition) is 4. The number of ether oxygens (including phenoxy) is 2. The van der Waals surface area contributed by atoms with Gasteiger partial charge >= 0.3 is 0 Å². The summed E-state index contributed by atoms with van der Waals surface area (Å²) < 4.78 is 10.8. The Morgan fingerprint density at radius 3 is 2.68 bits per heavy atom. The van der Waals surface area contributed by atoms with Crippen LogP contribution in [0.3, 0.4) is 0 Å². The summed E-state index contributed by atoms with van der Waals surface area (Å²) in [5.74, 6) is 2.72. The van der Waals surface area contributed by atoms with Crippen molar-refractivity contribution in [2.45, 2.75) is 44.6 Å². The van der Waals surface area contributed by atoms with E-state index in [1.807, 2.05) is 18.2 Å². The quantitative estimate of drug-likeness (QED) is 0.859. The number of nitrogens with two attached hydrogens (primary N) is 1. The summed E-state index contributed by atoms with van der Waals surface area (Å²) in [6, 6.07) is 6.03. The Kier molecular flexibility index (Phi) is 4.91. The number of rotatable bonds is 4. The molecule has 2 saturated carbocycles. The molecule has 2 fully saturated rings. The van der Waals surface area contributed by atoms with E-state index in [0.29, 0.717) is 18.4 Å². The van der Waals surface area contributed by atoms with Gasteiger partial charge in [0, 0.05) is 18.0 Å². The van der Waals surface area contributed by atoms with Crippen LogP contribution in [0.25, 0.3) is 0 Å². The Bertz CT molecular complexity index is 662. The Morgan fingerprint density at radius 2 is 1.96 bits per heavy atom. The van der Waals surface area contributed by atoms with Gasteiger partial charge in [0.1, 0.15) is 0 Å². The van der Waals surface area contributed by atoms with Crippen LogP contribution < -0.4 is 20.5 Å². The average Bonchev–Trinajstić information content (AvgIpc) is 3.27. The van der Waals surface area contributed by atoms with Crippen LogP contribution in [0.4, 0.5) is 0 Å². The first kappa shape index (κ1) is 18.3. The van der Waals surface area contributed by atoms with Gasteiger partial charge in [-0.3, -0.25) is 4.79 Å². The minimum Gasteiger partial charge on any atom is -0.454 e. The zero-order valence-electron chi connectivity index (χ0n) is 14.8. The summed E-state index contributed by atoms with van der Waals surface area (Å²) in [5.41, 5.74) is 7.23. The van der Waals surface area contributed by atoms with Crippen molar-refractivity contribution in [3.63, 3.8) is 0 Å². The van der Waals surface area contributed by atoms with Gasteiger partial charge in [-0.2, -0.15) is 0 Å². The van der Waals surface area contributed by atoms with Crippen molar-refractivity contribution in [3.8, 4) is 11.5 Å². The number of amides is 1. The van der Waals surface area contributed by atoms with E-state index in [2.05, 4.69) is 19.2 Å². The van der Waals surface area contributed by atoms with Gasteiger partial charge in [0.05, 0.1) is 5.92 Å². The molecule has 4 unspecified atom stereocenters. The fraction of sp³-hybridized carbons (Fsp3) is 0.632. The molecule has 3 aliphatic rings. The number of hydrogen-bond donors (Lipinski definition) is 2. The Morgan fingerprint density at radius 1 is 1.24 bits per heavy atom. The Hall–Kier alpha value is -1.46. The highest BCUT2D eigenvalue weighted by Crippen LogP contribution is 2.47. The molecule has 4 rings (SSSR count). The van der Waals surface area contributed by atoms with Gasteiger partial charge in [-0.1, -0.05) is 19.9 Å². The van der Waals surface area contributed by atoms with Gasteiger partial charge in [0.25, 0.3) is 0 Å². The van der Waals surface area contributed by atoms with Crippen LogP contribution >= 0.6 is 12.4 Å². The van der Waals surface area contributed by atoms with Crippen molar-refractivity contribution in [2.24, 2.45) is 23.5 Å². The summed E-state index contributed by atoms with van der Waals surface area (Å²) in [5, 5.41) is 3.16. The zero-order chi connectivity index (χ0) is 16.9. The normalized spacial score (nSPS) is 29.4. The van der Waals surface area contributed by atoms with E-state index >= 15 is 0 Å². The molecule has 25 heavy (non-hydrogen) atoms. The van der Waals surface area contributed by atoms with E-state index < -0.39 is 0 Å². The monoisotopic (exact) mass is 366 g/mol. The lowest BCUT2D eigenvalue weighted by Crippen LogP contribution is -2.47. The molecule has 0 radical (unpaired) electrons. The van der Waals surface area contributed by atoms with Gasteiger partial charge in [-0.05, 0) is 48.8 Å². The number of benzene rings is 1. The van der Waals surface area contributed by atoms with Crippen molar-refractivity contribution in [3.05, 3.63) is 23.8 Å². The van der Waals surface area contributed by atoms with Crippen LogP contribution in [0, 0.1) is 17.8 Å². The molecular weight excluding hydrogens is 340 g/mol. The smallest absolute Gasteiger partial charge is 0.231 e. The first-order valence-electron chi connectivity index (χ1n) is 8.89. The topological polar surface area (TPSA) is 73.6 Å². The molecule has 1 heterocycles. The maximum Gasteiger partial charge on any atom is 0.231 e. The number of carbonyl (C=O) groups is 1. The molecule has 0 aromatic heterocycles. The minimum atomic E-state index is -0.182. The average molecular weight is 367 g/mol. The highest BCUT2D eigenvalue weighted by atomic mass is 35.5. The van der Waals surface area contributed by atoms with E-state index in [9.17, 15) is 4.79 Å². The summed E-state index contributed by atoms with van der Waals surface area (Å²) in [6.45, 7) is 5.13. The van der Waals surface area contributed by atoms with Gasteiger partial charge in [0.15, 0.2) is 11.5 Å². The van der Waals surface area contributed by atoms with Crippen molar-refractivity contribution >= 4 is 18.3 Å². The Balaban J connectivity index is 0.00000182. The summed E-state index contributed by atoms with van der Waals surface area (Å²) in [6.07, 6.45) is 3.48. The van der Waals surface area contributed by atoms with Crippen molar-refractivity contribution in [1.82, 2.24) is 5.32 Å². The van der Waals surface area contributed by atoms with Crippen molar-refractivity contribution < 1.29 is 14.3 Å². The summed E-state index contributed by atoms with van der Waals surface area (Å²) in [4.78, 5) is 12.7. The van der Waals surface area contributed by atoms with E-state index in [1.54, 1.807) is 0 Å². The highest BCUT2D eigenvalue weighted by molar-refractivity contribution is 5.85. The van der Waals surface area contributed by atoms with Gasteiger partial charge in [-0.25, -0.2) is 0 Å². The molecule has 1 aliphatic heterocycles. The van der Waals surface area contributed by atoms with E-state index in [4.69, 9.17) is 15.2 Å². The van der Waals surface area contributed by atoms with Gasteiger partial charge in [-0.15, -0.1) is 12.4 Å². The third-order valence-corrected chi connectivity index (χ3v) is 6.14. The molecule has 2 bridgehead atoms. The number of nitrogens with one attached hydrogen (secondary N) is 1. The SMILES string of the molecule is CC(C)(CNC(=O)C1C2CCC(C2)C1N)c1ccc2c(c1)OCO2.Cl. The Labute approximate surface area is 155 Å². The standard InChI is InChI=1S/C19H26N2O3.ClH/c1-19(2,13-5-6-14-15(8-13)24-10-23-14)9-21-18(22)16-11-3-4-12(7-11)17(16)20;/h5-6,8,11-12,16-17H,3-4,7,9-10,20H2,1-2H3,(H,21,22);1H. The third kappa shape index (κ3) is 3.20. The predicted octanol–water partition coefficient (Wildman–Crippen LogP) is 2.60. The first-order chi connectivity index (χ1) is 11.5. The second-order valence-corrected chi connectivity index (χ2v) is 8.11. The molecule has 1 amide bonds. The fourth-order valence-electron chi connectivity index (χ4n) is 4.57. The molecule has 0 spiro atoms. The lowest BCUT2D eigenvalue weighted by atomic mass is 9.82. The molecule has 0 saturated heterocycles. The number of carbonyl (C=O) groups excluding carboxylic acids is 1. The molecule has 3 N–H and O–H groups in total. The predicted molar refractivity (Wildman–Crippen MR) is 98.1 cm³/mol. The molecule has 1 aromatic rings. The summed E-state index contributed by atoms with van der Waals surface area (Å²) >= 11 is 0. The van der Waals surface area contributed by atoms with Crippen LogP contribution in [0.2, 0.25) is 0 Å². The molecule has 2 aliphatic carbocycles. The maximum absolute atomic E-state index is 12.7. The van der Waals surface area contributed by atoms with Crippen LogP contribution in [0.5, 0.6) is 11.5 Å². The molecule has 138 valence electrons. The van der Waals surface area contributed by atoms with E-state index in [-0.39, 0.29) is 42.5 Å². The largest absolute Gasteiger partial charge is 0.454 e. The van der Waals surface area contributed by atoms with Crippen molar-refractivity contribution in [1.29, 1.82) is 0 Å². The van der Waals surface area contributed by atoms with E-state index in [0.717, 1.165) is 29.9 Å². The number of fused-ring (bicyclic) bond motifs is 3. The molecule has 6 heteroatoms. The van der Waals surface area contributed by atoms with E-state index in [1.165, 1.54) is 6.42 Å². The zero-order valence-corrected chi connectivity index (χ0v) is 15.6. The van der Waals surface area contributed by atoms with Gasteiger partial charge in [0.2, 0.25) is 12.7 Å². The summed E-state index contributed by atoms with van der Waals surface area (Å²) in [7, 11) is 0. The molecule has 5 nitrogen and oxygen atoms in total. The molecule has 1 aromatic carbocycles. The van der Waals surface area contributed by atoms with Crippen LogP contribution in [0.15, 0.2) is 18.2 Å². The lowest BCUT2D eigenvalue weighted by Gasteiger charge is -2.30. The third-order valence-electron chi connectivity index (χ3n) is 6.14. The molecule has 4 atom stereocenters. The minimum absolute atomic E-state index is 0. The maximum atomic E-state index is 12.7. The highest BCUT2D eigenvalue weighted by Gasteiger charge is 2.49. The second kappa shape index (κ2) is 6.69. The van der Waals surface area contributed by atoms with Crippen LogP contribution in [-0.2, 0) is 10.2 Å². The number of halogens is 1. The molecular formula is C19H27ClN2O3. The van der Waals surface area contributed by atoms with Crippen molar-refractivity contribution in [2.75, 3.05) is 13.3 Å². The fourth-order valence-corrected chi connectivity index (χ4v) is 4.57. The second-order valence-electron chi connectivity index (χ2n) is 8.11. The first-order valence-corrected chi connectivity index (χ1v) is 8.89.